The second kappa shape index (κ2) is 5.59. The Hall–Kier alpha value is -1.25. The summed E-state index contributed by atoms with van der Waals surface area (Å²) in [7, 11) is 1.59. The molecule has 0 atom stereocenters. The minimum atomic E-state index is 0.350. The molecule has 5 heteroatoms. The first-order chi connectivity index (χ1) is 7.20. The van der Waals surface area contributed by atoms with Crippen LogP contribution in [0.5, 0.6) is 5.75 Å². The number of hydrogen-bond donors (Lipinski definition) is 1. The van der Waals surface area contributed by atoms with Gasteiger partial charge >= 0.3 is 0 Å². The quantitative estimate of drug-likeness (QED) is 0.671. The number of rotatable bonds is 4. The van der Waals surface area contributed by atoms with Crippen LogP contribution < -0.4 is 10.5 Å². The van der Waals surface area contributed by atoms with Gasteiger partial charge in [0.15, 0.2) is 0 Å². The fourth-order valence-electron chi connectivity index (χ4n) is 1.05. The van der Waals surface area contributed by atoms with E-state index in [1.807, 2.05) is 6.07 Å². The van der Waals surface area contributed by atoms with Crippen LogP contribution in [0.4, 0.5) is 5.69 Å². The van der Waals surface area contributed by atoms with E-state index < -0.39 is 0 Å². The molecule has 80 valence electrons. The van der Waals surface area contributed by atoms with Crippen LogP contribution >= 0.6 is 15.9 Å². The maximum Gasteiger partial charge on any atom is 0.143 e. The molecule has 0 unspecified atom stereocenters. The van der Waals surface area contributed by atoms with Crippen LogP contribution in [0.3, 0.4) is 0 Å². The zero-order valence-corrected chi connectivity index (χ0v) is 9.87. The number of nitrogen functional groups attached to an aromatic ring is 1. The Kier molecular flexibility index (Phi) is 4.40. The molecule has 1 aromatic carbocycles. The number of nitrogens with two attached hydrogens (primary N) is 1. The van der Waals surface area contributed by atoms with Gasteiger partial charge in [0.25, 0.3) is 0 Å². The summed E-state index contributed by atoms with van der Waals surface area (Å²) < 4.78 is 10.9. The topological polar surface area (TPSA) is 68.3 Å². The molecule has 0 aliphatic rings. The third kappa shape index (κ3) is 2.85. The zero-order chi connectivity index (χ0) is 11.3. The molecule has 0 bridgehead atoms. The van der Waals surface area contributed by atoms with Gasteiger partial charge in [0, 0.05) is 11.6 Å². The number of hydrogen-bond acceptors (Lipinski definition) is 4. The van der Waals surface area contributed by atoms with Gasteiger partial charge < -0.3 is 15.2 Å². The van der Waals surface area contributed by atoms with Crippen molar-refractivity contribution >= 4 is 21.6 Å². The highest BCUT2D eigenvalue weighted by Gasteiger charge is 2.09. The van der Waals surface area contributed by atoms with Crippen LogP contribution in [0, 0.1) is 11.3 Å². The predicted molar refractivity (Wildman–Crippen MR) is 60.6 cm³/mol. The number of ether oxygens (including phenoxy) is 2. The Bertz CT molecular complexity index is 388. The summed E-state index contributed by atoms with van der Waals surface area (Å²) >= 11 is 3.24. The highest BCUT2D eigenvalue weighted by molar-refractivity contribution is 9.10. The van der Waals surface area contributed by atoms with Gasteiger partial charge in [-0.3, -0.25) is 0 Å². The molecule has 1 aromatic rings. The number of nitriles is 1. The van der Waals surface area contributed by atoms with Gasteiger partial charge in [-0.05, 0) is 28.1 Å². The monoisotopic (exact) mass is 270 g/mol. The molecule has 0 amide bonds. The molecule has 0 aliphatic carbocycles. The van der Waals surface area contributed by atoms with E-state index in [9.17, 15) is 0 Å². The molecule has 15 heavy (non-hydrogen) atoms. The van der Waals surface area contributed by atoms with Crippen molar-refractivity contribution in [2.45, 2.75) is 0 Å². The van der Waals surface area contributed by atoms with Crippen molar-refractivity contribution in [2.75, 3.05) is 26.1 Å². The maximum atomic E-state index is 8.86. The highest BCUT2D eigenvalue weighted by Crippen LogP contribution is 2.30. The molecule has 0 aromatic heterocycles. The minimum absolute atomic E-state index is 0.350. The number of halogens is 1. The summed E-state index contributed by atoms with van der Waals surface area (Å²) in [6, 6.07) is 5.46. The fourth-order valence-corrected chi connectivity index (χ4v) is 1.48. The first-order valence-electron chi connectivity index (χ1n) is 4.30. The van der Waals surface area contributed by atoms with E-state index in [0.29, 0.717) is 34.7 Å². The first-order valence-corrected chi connectivity index (χ1v) is 5.09. The lowest BCUT2D eigenvalue weighted by Crippen LogP contribution is -2.06. The largest absolute Gasteiger partial charge is 0.489 e. The molecule has 0 saturated heterocycles. The van der Waals surface area contributed by atoms with Crippen molar-refractivity contribution in [1.82, 2.24) is 0 Å². The van der Waals surface area contributed by atoms with E-state index >= 15 is 0 Å². The van der Waals surface area contributed by atoms with E-state index in [1.54, 1.807) is 19.2 Å². The normalized spacial score (nSPS) is 9.67. The van der Waals surface area contributed by atoms with Crippen molar-refractivity contribution in [3.8, 4) is 11.8 Å². The van der Waals surface area contributed by atoms with Crippen LogP contribution in [-0.2, 0) is 4.74 Å². The van der Waals surface area contributed by atoms with E-state index in [4.69, 9.17) is 20.5 Å². The summed E-state index contributed by atoms with van der Waals surface area (Å²) in [6.45, 7) is 0.893. The number of nitrogens with zero attached hydrogens (tertiary/aromatic N) is 1. The molecule has 0 heterocycles. The first kappa shape index (κ1) is 11.8. The van der Waals surface area contributed by atoms with Crippen molar-refractivity contribution < 1.29 is 9.47 Å². The van der Waals surface area contributed by atoms with E-state index in [2.05, 4.69) is 15.9 Å². The van der Waals surface area contributed by atoms with Gasteiger partial charge in [0.2, 0.25) is 0 Å². The van der Waals surface area contributed by atoms with Crippen LogP contribution in [0.15, 0.2) is 16.6 Å². The lowest BCUT2D eigenvalue weighted by atomic mass is 10.2. The maximum absolute atomic E-state index is 8.86. The molecule has 0 aliphatic heterocycles. The van der Waals surface area contributed by atoms with Crippen molar-refractivity contribution in [3.05, 3.63) is 22.2 Å². The van der Waals surface area contributed by atoms with E-state index in [1.165, 1.54) is 0 Å². The predicted octanol–water partition coefficient (Wildman–Crippen LogP) is 1.93. The number of benzene rings is 1. The fraction of sp³-hybridized carbons (Fsp3) is 0.300. The average Bonchev–Trinajstić information content (AvgIpc) is 2.22. The lowest BCUT2D eigenvalue weighted by Gasteiger charge is -2.10. The average molecular weight is 271 g/mol. The van der Waals surface area contributed by atoms with Crippen LogP contribution in [-0.4, -0.2) is 20.3 Å². The number of anilines is 1. The van der Waals surface area contributed by atoms with Gasteiger partial charge in [0.1, 0.15) is 18.4 Å². The van der Waals surface area contributed by atoms with Crippen molar-refractivity contribution in [2.24, 2.45) is 0 Å². The van der Waals surface area contributed by atoms with Crippen LogP contribution in [0.2, 0.25) is 0 Å². The van der Waals surface area contributed by atoms with Crippen molar-refractivity contribution in [3.63, 3.8) is 0 Å². The SMILES string of the molecule is COCCOc1ccc(Br)c(C#N)c1N. The minimum Gasteiger partial charge on any atom is -0.489 e. The molecular formula is C10H11BrN2O2. The third-order valence-corrected chi connectivity index (χ3v) is 2.47. The van der Waals surface area contributed by atoms with Crippen molar-refractivity contribution in [1.29, 1.82) is 5.26 Å². The Balaban J connectivity index is 2.87. The molecule has 1 rings (SSSR count). The molecule has 2 N–H and O–H groups in total. The van der Waals surface area contributed by atoms with E-state index in [-0.39, 0.29) is 0 Å². The molecule has 0 fully saturated rings. The molecule has 0 radical (unpaired) electrons. The molecule has 0 saturated carbocycles. The lowest BCUT2D eigenvalue weighted by molar-refractivity contribution is 0.146. The Morgan fingerprint density at radius 1 is 1.47 bits per heavy atom. The summed E-state index contributed by atoms with van der Waals surface area (Å²) in [4.78, 5) is 0. The van der Waals surface area contributed by atoms with Crippen LogP contribution in [0.1, 0.15) is 5.56 Å². The summed E-state index contributed by atoms with van der Waals surface area (Å²) in [6.07, 6.45) is 0. The molecular weight excluding hydrogens is 260 g/mol. The van der Waals surface area contributed by atoms with Gasteiger partial charge in [-0.15, -0.1) is 0 Å². The second-order valence-electron chi connectivity index (χ2n) is 2.79. The summed E-state index contributed by atoms with van der Waals surface area (Å²) in [5.74, 6) is 0.506. The van der Waals surface area contributed by atoms with Gasteiger partial charge in [0.05, 0.1) is 17.9 Å². The standard InChI is InChI=1S/C10H11BrN2O2/c1-14-4-5-15-9-3-2-8(11)7(6-12)10(9)13/h2-3H,4-5,13H2,1H3. The highest BCUT2D eigenvalue weighted by atomic mass is 79.9. The van der Waals surface area contributed by atoms with E-state index in [0.717, 1.165) is 0 Å². The van der Waals surface area contributed by atoms with Gasteiger partial charge in [-0.2, -0.15) is 5.26 Å². The molecule has 4 nitrogen and oxygen atoms in total. The van der Waals surface area contributed by atoms with Gasteiger partial charge in [-0.25, -0.2) is 0 Å². The number of methoxy groups -OCH3 is 1. The summed E-state index contributed by atoms with van der Waals surface area (Å²) in [5, 5.41) is 8.86. The zero-order valence-electron chi connectivity index (χ0n) is 8.29. The van der Waals surface area contributed by atoms with Gasteiger partial charge in [-0.1, -0.05) is 0 Å². The van der Waals surface area contributed by atoms with Crippen LogP contribution in [0.25, 0.3) is 0 Å². The Morgan fingerprint density at radius 3 is 2.80 bits per heavy atom. The Morgan fingerprint density at radius 2 is 2.20 bits per heavy atom. The smallest absolute Gasteiger partial charge is 0.143 e. The third-order valence-electron chi connectivity index (χ3n) is 1.81. The molecule has 0 spiro atoms. The Labute approximate surface area is 96.7 Å². The second-order valence-corrected chi connectivity index (χ2v) is 3.64. The summed E-state index contributed by atoms with van der Waals surface area (Å²) in [5.41, 5.74) is 6.50.